The van der Waals surface area contributed by atoms with Gasteiger partial charge in [-0.25, -0.2) is 0 Å². The van der Waals surface area contributed by atoms with Crippen molar-refractivity contribution in [1.29, 1.82) is 0 Å². The molecule has 5 heteroatoms. The van der Waals surface area contributed by atoms with Crippen LogP contribution in [0.4, 0.5) is 0 Å². The van der Waals surface area contributed by atoms with Crippen molar-refractivity contribution in [2.45, 2.75) is 0 Å². The maximum atomic E-state index is 11.3. The van der Waals surface area contributed by atoms with Crippen LogP contribution in [0.3, 0.4) is 0 Å². The van der Waals surface area contributed by atoms with Gasteiger partial charge < -0.3 is 15.8 Å². The van der Waals surface area contributed by atoms with Crippen LogP contribution < -0.4 is 11.3 Å². The Hall–Kier alpha value is -2.56. The number of pyridine rings is 1. The van der Waals surface area contributed by atoms with Crippen molar-refractivity contribution in [1.82, 2.24) is 4.98 Å². The summed E-state index contributed by atoms with van der Waals surface area (Å²) in [6.07, 6.45) is 1.46. The normalized spacial score (nSPS) is 10.1. The monoisotopic (exact) mass is 230 g/mol. The van der Waals surface area contributed by atoms with Gasteiger partial charge in [0.1, 0.15) is 11.3 Å². The number of hydrogen-bond acceptors (Lipinski definition) is 3. The van der Waals surface area contributed by atoms with E-state index >= 15 is 0 Å². The van der Waals surface area contributed by atoms with Crippen LogP contribution in [0.2, 0.25) is 0 Å². The van der Waals surface area contributed by atoms with E-state index in [4.69, 9.17) is 5.73 Å². The smallest absolute Gasteiger partial charge is 0.260 e. The van der Waals surface area contributed by atoms with Crippen LogP contribution in [-0.4, -0.2) is 16.0 Å². The summed E-state index contributed by atoms with van der Waals surface area (Å²) in [7, 11) is 0. The molecule has 0 bridgehead atoms. The molecule has 4 N–H and O–H groups in total. The second-order valence-electron chi connectivity index (χ2n) is 3.55. The number of carbonyl (C=O) groups is 1. The van der Waals surface area contributed by atoms with E-state index < -0.39 is 11.5 Å². The minimum atomic E-state index is -0.784. The zero-order chi connectivity index (χ0) is 12.4. The number of primary amides is 1. The molecule has 86 valence electrons. The van der Waals surface area contributed by atoms with Gasteiger partial charge in [0.05, 0.1) is 0 Å². The Morgan fingerprint density at radius 1 is 1.24 bits per heavy atom. The molecule has 1 aromatic heterocycles. The maximum absolute atomic E-state index is 11.3. The minimum absolute atomic E-state index is 0.106. The lowest BCUT2D eigenvalue weighted by Gasteiger charge is -2.03. The van der Waals surface area contributed by atoms with E-state index in [9.17, 15) is 14.7 Å². The van der Waals surface area contributed by atoms with E-state index in [2.05, 4.69) is 4.98 Å². The predicted octanol–water partition coefficient (Wildman–Crippen LogP) is 0.846. The van der Waals surface area contributed by atoms with Crippen molar-refractivity contribution < 1.29 is 9.90 Å². The minimum Gasteiger partial charge on any atom is -0.508 e. The second kappa shape index (κ2) is 4.13. The molecule has 1 amide bonds. The standard InChI is InChI=1S/C12H10N2O3/c13-11(16)10-5-8(6-14-12(10)17)7-2-1-3-9(15)4-7/h1-6,15H,(H2,13,16)(H,14,17). The summed E-state index contributed by atoms with van der Waals surface area (Å²) in [4.78, 5) is 24.8. The summed E-state index contributed by atoms with van der Waals surface area (Å²) in [5.41, 5.74) is 5.74. The third-order valence-electron chi connectivity index (χ3n) is 2.35. The highest BCUT2D eigenvalue weighted by Gasteiger charge is 2.08. The second-order valence-corrected chi connectivity index (χ2v) is 3.55. The molecule has 2 rings (SSSR count). The van der Waals surface area contributed by atoms with Gasteiger partial charge in [-0.2, -0.15) is 0 Å². The van der Waals surface area contributed by atoms with E-state index in [1.165, 1.54) is 24.4 Å². The molecular weight excluding hydrogens is 220 g/mol. The highest BCUT2D eigenvalue weighted by atomic mass is 16.3. The van der Waals surface area contributed by atoms with Crippen LogP contribution >= 0.6 is 0 Å². The van der Waals surface area contributed by atoms with E-state index in [0.717, 1.165) is 0 Å². The molecule has 17 heavy (non-hydrogen) atoms. The molecule has 0 saturated carbocycles. The Balaban J connectivity index is 2.58. The number of benzene rings is 1. The molecular formula is C12H10N2O3. The zero-order valence-electron chi connectivity index (χ0n) is 8.81. The van der Waals surface area contributed by atoms with Crippen LogP contribution in [0.1, 0.15) is 10.4 Å². The molecule has 1 aromatic carbocycles. The van der Waals surface area contributed by atoms with Gasteiger partial charge in [0.25, 0.3) is 11.5 Å². The summed E-state index contributed by atoms with van der Waals surface area (Å²) in [5, 5.41) is 9.34. The molecule has 0 saturated heterocycles. The molecule has 0 aliphatic rings. The van der Waals surface area contributed by atoms with Gasteiger partial charge >= 0.3 is 0 Å². The summed E-state index contributed by atoms with van der Waals surface area (Å²) in [5.74, 6) is -0.678. The Kier molecular flexibility index (Phi) is 2.66. The van der Waals surface area contributed by atoms with Gasteiger partial charge in [0.15, 0.2) is 0 Å². The molecule has 0 unspecified atom stereocenters. The SMILES string of the molecule is NC(=O)c1cc(-c2cccc(O)c2)c[nH]c1=O. The summed E-state index contributed by atoms with van der Waals surface area (Å²) in [6.45, 7) is 0. The number of phenolic OH excluding ortho intramolecular Hbond substituents is 1. The van der Waals surface area contributed by atoms with Gasteiger partial charge in [-0.05, 0) is 29.3 Å². The van der Waals surface area contributed by atoms with Gasteiger partial charge in [0, 0.05) is 6.20 Å². The lowest BCUT2D eigenvalue weighted by atomic mass is 10.1. The van der Waals surface area contributed by atoms with Gasteiger partial charge in [-0.15, -0.1) is 0 Å². The number of rotatable bonds is 2. The van der Waals surface area contributed by atoms with Crippen LogP contribution in [0.15, 0.2) is 41.3 Å². The number of amides is 1. The van der Waals surface area contributed by atoms with Crippen molar-refractivity contribution in [3.05, 3.63) is 52.4 Å². The number of H-pyrrole nitrogens is 1. The first-order chi connectivity index (χ1) is 8.08. The molecule has 1 heterocycles. The van der Waals surface area contributed by atoms with Crippen molar-refractivity contribution in [3.63, 3.8) is 0 Å². The summed E-state index contributed by atoms with van der Waals surface area (Å²) >= 11 is 0. The first-order valence-corrected chi connectivity index (χ1v) is 4.90. The molecule has 0 radical (unpaired) electrons. The first-order valence-electron chi connectivity index (χ1n) is 4.90. The average Bonchev–Trinajstić information content (AvgIpc) is 2.29. The fourth-order valence-corrected chi connectivity index (χ4v) is 1.52. The van der Waals surface area contributed by atoms with Crippen molar-refractivity contribution >= 4 is 5.91 Å². The zero-order valence-corrected chi connectivity index (χ0v) is 8.81. The van der Waals surface area contributed by atoms with Crippen LogP contribution in [-0.2, 0) is 0 Å². The quantitative estimate of drug-likeness (QED) is 0.713. The highest BCUT2D eigenvalue weighted by Crippen LogP contribution is 2.22. The Morgan fingerprint density at radius 3 is 2.65 bits per heavy atom. The number of nitrogens with two attached hydrogens (primary N) is 1. The fourth-order valence-electron chi connectivity index (χ4n) is 1.52. The van der Waals surface area contributed by atoms with Crippen LogP contribution in [0.25, 0.3) is 11.1 Å². The first kappa shape index (κ1) is 10.9. The van der Waals surface area contributed by atoms with Gasteiger partial charge in [-0.3, -0.25) is 9.59 Å². The largest absolute Gasteiger partial charge is 0.508 e. The van der Waals surface area contributed by atoms with E-state index in [1.807, 2.05) is 0 Å². The third-order valence-corrected chi connectivity index (χ3v) is 2.35. The number of carbonyl (C=O) groups excluding carboxylic acids is 1. The van der Waals surface area contributed by atoms with E-state index in [0.29, 0.717) is 11.1 Å². The third kappa shape index (κ3) is 2.17. The molecule has 0 spiro atoms. The lowest BCUT2D eigenvalue weighted by molar-refractivity contribution is 0.0999. The van der Waals surface area contributed by atoms with Gasteiger partial charge in [0.2, 0.25) is 0 Å². The maximum Gasteiger partial charge on any atom is 0.260 e. The summed E-state index contributed by atoms with van der Waals surface area (Å²) in [6, 6.07) is 7.87. The topological polar surface area (TPSA) is 96.2 Å². The number of aromatic nitrogens is 1. The van der Waals surface area contributed by atoms with Crippen LogP contribution in [0.5, 0.6) is 5.75 Å². The Labute approximate surface area is 96.5 Å². The molecule has 0 aliphatic carbocycles. The van der Waals surface area contributed by atoms with Gasteiger partial charge in [-0.1, -0.05) is 12.1 Å². The fraction of sp³-hybridized carbons (Fsp3) is 0. The Morgan fingerprint density at radius 2 is 2.00 bits per heavy atom. The average molecular weight is 230 g/mol. The number of nitrogens with one attached hydrogen (secondary N) is 1. The Bertz CT molecular complexity index is 632. The highest BCUT2D eigenvalue weighted by molar-refractivity contribution is 5.93. The number of aromatic amines is 1. The number of phenols is 1. The molecule has 2 aromatic rings. The predicted molar refractivity (Wildman–Crippen MR) is 62.7 cm³/mol. The molecule has 0 aliphatic heterocycles. The van der Waals surface area contributed by atoms with Crippen molar-refractivity contribution in [2.75, 3.05) is 0 Å². The van der Waals surface area contributed by atoms with Crippen molar-refractivity contribution in [2.24, 2.45) is 5.73 Å². The van der Waals surface area contributed by atoms with Crippen LogP contribution in [0, 0.1) is 0 Å². The number of hydrogen-bond donors (Lipinski definition) is 3. The van der Waals surface area contributed by atoms with E-state index in [-0.39, 0.29) is 11.3 Å². The van der Waals surface area contributed by atoms with E-state index in [1.54, 1.807) is 12.1 Å². The molecule has 0 atom stereocenters. The molecule has 0 fully saturated rings. The summed E-state index contributed by atoms with van der Waals surface area (Å²) < 4.78 is 0. The lowest BCUT2D eigenvalue weighted by Crippen LogP contribution is -2.23. The van der Waals surface area contributed by atoms with Crippen molar-refractivity contribution in [3.8, 4) is 16.9 Å². The molecule has 5 nitrogen and oxygen atoms in total. The number of aromatic hydroxyl groups is 1.